The number of hydrogen-bond donors (Lipinski definition) is 3. The molecule has 34 heavy (non-hydrogen) atoms. The zero-order valence-corrected chi connectivity index (χ0v) is 19.2. The molecule has 0 radical (unpaired) electrons. The van der Waals surface area contributed by atoms with Gasteiger partial charge in [0.05, 0.1) is 12.5 Å². The molecule has 2 aliphatic rings. The smallest absolute Gasteiger partial charge is 0.305 e. The Morgan fingerprint density at radius 2 is 1.91 bits per heavy atom. The minimum atomic E-state index is -1.12. The fraction of sp³-hybridized carbons (Fsp3) is 0.478. The zero-order chi connectivity index (χ0) is 24.8. The van der Waals surface area contributed by atoms with E-state index < -0.39 is 41.8 Å². The van der Waals surface area contributed by atoms with Gasteiger partial charge in [0.25, 0.3) is 11.8 Å². The molecule has 0 aliphatic carbocycles. The van der Waals surface area contributed by atoms with Crippen LogP contribution in [0.4, 0.5) is 0 Å². The van der Waals surface area contributed by atoms with Crippen LogP contribution in [0.2, 0.25) is 0 Å². The molecule has 3 N–H and O–H groups in total. The Morgan fingerprint density at radius 1 is 1.21 bits per heavy atom. The lowest BCUT2D eigenvalue weighted by Gasteiger charge is -2.43. The number of amides is 4. The number of rotatable bonds is 7. The average molecular weight is 472 g/mol. The van der Waals surface area contributed by atoms with Gasteiger partial charge in [-0.15, -0.1) is 0 Å². The largest absolute Gasteiger partial charge is 0.481 e. The molecule has 1 aromatic rings. The van der Waals surface area contributed by atoms with Crippen LogP contribution in [0.25, 0.3) is 0 Å². The topological polar surface area (TPSA) is 148 Å². The van der Waals surface area contributed by atoms with Crippen LogP contribution in [0.15, 0.2) is 29.3 Å². The molecule has 4 amide bonds. The molecular weight excluding hydrogens is 442 g/mol. The molecule has 0 aromatic heterocycles. The number of hydrazine groups is 1. The summed E-state index contributed by atoms with van der Waals surface area (Å²) >= 11 is 0. The van der Waals surface area contributed by atoms with Gasteiger partial charge in [-0.3, -0.25) is 34.0 Å². The van der Waals surface area contributed by atoms with E-state index in [-0.39, 0.29) is 31.7 Å². The molecule has 11 heteroatoms. The van der Waals surface area contributed by atoms with Crippen molar-refractivity contribution in [2.45, 2.75) is 57.2 Å². The molecule has 3 rings (SSSR count). The lowest BCUT2D eigenvalue weighted by molar-refractivity contribution is -0.176. The molecule has 2 aliphatic heterocycles. The van der Waals surface area contributed by atoms with Crippen molar-refractivity contribution in [3.8, 4) is 0 Å². The SMILES string of the molecule is C/N=C/[C@H](CC(=O)O)NC(=O)[C@@H]1CCCN2C(=O)CC[C@H](NC(=O)c3ccc(C)cc3)C(=O)N12. The number of hydrogen-bond acceptors (Lipinski definition) is 6. The third-order valence-corrected chi connectivity index (χ3v) is 5.83. The van der Waals surface area contributed by atoms with Crippen LogP contribution in [-0.2, 0) is 19.2 Å². The van der Waals surface area contributed by atoms with E-state index in [2.05, 4.69) is 15.6 Å². The van der Waals surface area contributed by atoms with E-state index in [1.54, 1.807) is 24.3 Å². The number of carboxylic acids is 1. The minimum Gasteiger partial charge on any atom is -0.481 e. The van der Waals surface area contributed by atoms with Crippen molar-refractivity contribution in [1.82, 2.24) is 20.7 Å². The Kier molecular flexibility index (Phi) is 7.98. The maximum absolute atomic E-state index is 13.5. The van der Waals surface area contributed by atoms with Crippen LogP contribution in [0.5, 0.6) is 0 Å². The fourth-order valence-electron chi connectivity index (χ4n) is 4.14. The molecule has 0 bridgehead atoms. The van der Waals surface area contributed by atoms with Crippen LogP contribution in [0.1, 0.15) is 48.0 Å². The second-order valence-corrected chi connectivity index (χ2v) is 8.41. The summed E-state index contributed by atoms with van der Waals surface area (Å²) in [5.41, 5.74) is 1.37. The number of nitrogens with zero attached hydrogens (tertiary/aromatic N) is 3. The lowest BCUT2D eigenvalue weighted by atomic mass is 10.0. The molecule has 1 aromatic carbocycles. The summed E-state index contributed by atoms with van der Waals surface area (Å²) in [6, 6.07) is 4.02. The molecule has 11 nitrogen and oxygen atoms in total. The van der Waals surface area contributed by atoms with Crippen molar-refractivity contribution < 1.29 is 29.1 Å². The number of aliphatic carboxylic acids is 1. The predicted molar refractivity (Wildman–Crippen MR) is 122 cm³/mol. The number of fused-ring (bicyclic) bond motifs is 1. The quantitative estimate of drug-likeness (QED) is 0.487. The summed E-state index contributed by atoms with van der Waals surface area (Å²) in [6.45, 7) is 2.17. The minimum absolute atomic E-state index is 0.0412. The number of benzene rings is 1. The summed E-state index contributed by atoms with van der Waals surface area (Å²) in [6.07, 6.45) is 1.89. The predicted octanol–water partition coefficient (Wildman–Crippen LogP) is 0.282. The molecule has 0 saturated carbocycles. The maximum atomic E-state index is 13.5. The monoisotopic (exact) mass is 471 g/mol. The number of carboxylic acid groups (broad SMARTS) is 1. The second kappa shape index (κ2) is 10.9. The van der Waals surface area contributed by atoms with Crippen molar-refractivity contribution in [3.05, 3.63) is 35.4 Å². The number of aliphatic imine (C=N–C) groups is 1. The molecule has 0 spiro atoms. The van der Waals surface area contributed by atoms with E-state index in [0.717, 1.165) is 10.6 Å². The lowest BCUT2D eigenvalue weighted by Crippen LogP contribution is -2.64. The molecule has 2 fully saturated rings. The van der Waals surface area contributed by atoms with Crippen LogP contribution in [-0.4, -0.2) is 82.7 Å². The zero-order valence-electron chi connectivity index (χ0n) is 19.2. The van der Waals surface area contributed by atoms with Gasteiger partial charge < -0.3 is 15.7 Å². The summed E-state index contributed by atoms with van der Waals surface area (Å²) in [7, 11) is 1.46. The summed E-state index contributed by atoms with van der Waals surface area (Å²) in [5.74, 6) is -3.00. The first-order valence-corrected chi connectivity index (χ1v) is 11.2. The van der Waals surface area contributed by atoms with Gasteiger partial charge in [-0.2, -0.15) is 0 Å². The van der Waals surface area contributed by atoms with Crippen molar-refractivity contribution in [3.63, 3.8) is 0 Å². The van der Waals surface area contributed by atoms with Gasteiger partial charge in [0.15, 0.2) is 0 Å². The summed E-state index contributed by atoms with van der Waals surface area (Å²) in [5, 5.41) is 16.8. The van der Waals surface area contributed by atoms with Crippen molar-refractivity contribution >= 4 is 35.8 Å². The third kappa shape index (κ3) is 5.77. The van der Waals surface area contributed by atoms with Crippen LogP contribution in [0.3, 0.4) is 0 Å². The van der Waals surface area contributed by atoms with Gasteiger partial charge >= 0.3 is 5.97 Å². The number of aryl methyl sites for hydroxylation is 1. The van der Waals surface area contributed by atoms with E-state index in [0.29, 0.717) is 18.4 Å². The summed E-state index contributed by atoms with van der Waals surface area (Å²) in [4.78, 5) is 67.0. The molecule has 0 unspecified atom stereocenters. The highest BCUT2D eigenvalue weighted by atomic mass is 16.4. The average Bonchev–Trinajstić information content (AvgIpc) is 2.91. The number of carbonyl (C=O) groups is 5. The van der Waals surface area contributed by atoms with Crippen LogP contribution >= 0.6 is 0 Å². The van der Waals surface area contributed by atoms with E-state index in [1.807, 2.05) is 6.92 Å². The first-order chi connectivity index (χ1) is 16.2. The molecule has 182 valence electrons. The van der Waals surface area contributed by atoms with E-state index in [9.17, 15) is 24.0 Å². The first kappa shape index (κ1) is 24.9. The molecule has 2 heterocycles. The van der Waals surface area contributed by atoms with E-state index in [1.165, 1.54) is 18.3 Å². The normalized spacial score (nSPS) is 21.6. The molecule has 2 saturated heterocycles. The van der Waals surface area contributed by atoms with Gasteiger partial charge in [-0.05, 0) is 38.3 Å². The summed E-state index contributed by atoms with van der Waals surface area (Å²) < 4.78 is 0. The van der Waals surface area contributed by atoms with Crippen LogP contribution in [0, 0.1) is 6.92 Å². The standard InChI is InChI=1S/C23H29N5O6/c1-14-5-7-15(8-6-14)21(32)26-17-9-10-19(29)27-11-3-4-18(28(27)23(17)34)22(33)25-16(13-24-2)12-20(30)31/h5-8,13,16-18H,3-4,9-12H2,1-2H3,(H,25,33)(H,26,32)(H,30,31)/b24-13+/t16-,17-,18-/m0/s1. The second-order valence-electron chi connectivity index (χ2n) is 8.41. The Morgan fingerprint density at radius 3 is 2.56 bits per heavy atom. The van der Waals surface area contributed by atoms with E-state index in [4.69, 9.17) is 5.11 Å². The van der Waals surface area contributed by atoms with Gasteiger partial charge in [-0.25, -0.2) is 5.01 Å². The Labute approximate surface area is 197 Å². The van der Waals surface area contributed by atoms with E-state index >= 15 is 0 Å². The fourth-order valence-corrected chi connectivity index (χ4v) is 4.14. The van der Waals surface area contributed by atoms with Gasteiger partial charge in [0, 0.05) is 31.8 Å². The van der Waals surface area contributed by atoms with Gasteiger partial charge in [0.1, 0.15) is 12.1 Å². The first-order valence-electron chi connectivity index (χ1n) is 11.2. The highest BCUT2D eigenvalue weighted by molar-refractivity contribution is 6.00. The molecular formula is C23H29N5O6. The van der Waals surface area contributed by atoms with Crippen molar-refractivity contribution in [2.24, 2.45) is 4.99 Å². The Hall–Kier alpha value is -3.76. The van der Waals surface area contributed by atoms with Gasteiger partial charge in [-0.1, -0.05) is 17.7 Å². The number of carbonyl (C=O) groups excluding carboxylic acids is 4. The highest BCUT2D eigenvalue weighted by Crippen LogP contribution is 2.25. The third-order valence-electron chi connectivity index (χ3n) is 5.83. The van der Waals surface area contributed by atoms with Crippen molar-refractivity contribution in [1.29, 1.82) is 0 Å². The van der Waals surface area contributed by atoms with Crippen LogP contribution < -0.4 is 10.6 Å². The van der Waals surface area contributed by atoms with Gasteiger partial charge in [0.2, 0.25) is 11.8 Å². The molecule has 3 atom stereocenters. The Balaban J connectivity index is 1.81. The van der Waals surface area contributed by atoms with Crippen molar-refractivity contribution in [2.75, 3.05) is 13.6 Å². The maximum Gasteiger partial charge on any atom is 0.305 e. The Bertz CT molecular complexity index is 992. The number of nitrogens with one attached hydrogen (secondary N) is 2. The highest BCUT2D eigenvalue weighted by Gasteiger charge is 2.44.